The highest BCUT2D eigenvalue weighted by atomic mass is 16.5. The number of carbonyl (C=O) groups is 1. The zero-order valence-electron chi connectivity index (χ0n) is 6.99. The van der Waals surface area contributed by atoms with E-state index in [0.717, 1.165) is 5.56 Å². The summed E-state index contributed by atoms with van der Waals surface area (Å²) in [5, 5.41) is 0. The van der Waals surface area contributed by atoms with Crippen molar-refractivity contribution in [3.8, 4) is 0 Å². The van der Waals surface area contributed by atoms with Gasteiger partial charge in [0.1, 0.15) is 0 Å². The van der Waals surface area contributed by atoms with Crippen LogP contribution in [0.4, 0.5) is 0 Å². The molecule has 1 aromatic rings. The molecule has 0 fully saturated rings. The summed E-state index contributed by atoms with van der Waals surface area (Å²) < 4.78 is 4.51. The molecule has 0 aliphatic heterocycles. The van der Waals surface area contributed by atoms with Crippen molar-refractivity contribution in [2.45, 2.75) is 12.8 Å². The van der Waals surface area contributed by atoms with Gasteiger partial charge in [-0.15, -0.1) is 0 Å². The lowest BCUT2D eigenvalue weighted by molar-refractivity contribution is -0.140. The lowest BCUT2D eigenvalue weighted by atomic mass is 10.2. The van der Waals surface area contributed by atoms with Crippen LogP contribution < -0.4 is 0 Å². The highest BCUT2D eigenvalue weighted by Crippen LogP contribution is 2.00. The quantitative estimate of drug-likeness (QED) is 0.630. The van der Waals surface area contributed by atoms with E-state index in [-0.39, 0.29) is 5.97 Å². The van der Waals surface area contributed by atoms with Gasteiger partial charge in [0, 0.05) is 18.8 Å². The first kappa shape index (κ1) is 8.71. The van der Waals surface area contributed by atoms with Gasteiger partial charge < -0.3 is 4.74 Å². The lowest BCUT2D eigenvalue weighted by Gasteiger charge is -1.98. The van der Waals surface area contributed by atoms with Crippen molar-refractivity contribution >= 4 is 5.97 Å². The van der Waals surface area contributed by atoms with Crippen LogP contribution in [-0.4, -0.2) is 18.1 Å². The molecule has 64 valence electrons. The summed E-state index contributed by atoms with van der Waals surface area (Å²) in [4.78, 5) is 14.7. The number of nitrogens with zero attached hydrogens (tertiary/aromatic N) is 1. The second kappa shape index (κ2) is 4.49. The maximum absolute atomic E-state index is 10.7. The van der Waals surface area contributed by atoms with Crippen molar-refractivity contribution in [3.63, 3.8) is 0 Å². The van der Waals surface area contributed by atoms with E-state index >= 15 is 0 Å². The van der Waals surface area contributed by atoms with Gasteiger partial charge in [0.15, 0.2) is 0 Å². The molecule has 12 heavy (non-hydrogen) atoms. The first-order chi connectivity index (χ1) is 5.83. The van der Waals surface area contributed by atoms with Crippen molar-refractivity contribution in [3.05, 3.63) is 30.1 Å². The predicted octanol–water partition coefficient (Wildman–Crippen LogP) is 1.19. The van der Waals surface area contributed by atoms with E-state index in [1.807, 2.05) is 12.1 Å². The molecular weight excluding hydrogens is 153 g/mol. The molecule has 3 heteroatoms. The van der Waals surface area contributed by atoms with Crippen LogP contribution in [0.5, 0.6) is 0 Å². The Morgan fingerprint density at radius 1 is 1.67 bits per heavy atom. The predicted molar refractivity (Wildman–Crippen MR) is 44.6 cm³/mol. The SMILES string of the molecule is [11CH3]OC(=O)CCc1cccnc1. The first-order valence-corrected chi connectivity index (χ1v) is 3.78. The van der Waals surface area contributed by atoms with Crippen molar-refractivity contribution < 1.29 is 9.53 Å². The number of rotatable bonds is 3. The Morgan fingerprint density at radius 2 is 2.50 bits per heavy atom. The number of hydrogen-bond acceptors (Lipinski definition) is 3. The fraction of sp³-hybridized carbons (Fsp3) is 0.333. The van der Waals surface area contributed by atoms with Crippen LogP contribution in [0.1, 0.15) is 12.0 Å². The Morgan fingerprint density at radius 3 is 3.08 bits per heavy atom. The van der Waals surface area contributed by atoms with Crippen molar-refractivity contribution in [1.29, 1.82) is 0 Å². The Kier molecular flexibility index (Phi) is 3.26. The average molecular weight is 164 g/mol. The highest BCUT2D eigenvalue weighted by Gasteiger charge is 1.99. The number of carbonyl (C=O) groups excluding carboxylic acids is 1. The minimum atomic E-state index is -0.182. The van der Waals surface area contributed by atoms with Crippen LogP contribution in [-0.2, 0) is 16.0 Å². The summed E-state index contributed by atoms with van der Waals surface area (Å²) in [6.07, 6.45) is 4.58. The molecule has 0 saturated carbocycles. The maximum Gasteiger partial charge on any atom is 0.305 e. The molecule has 0 amide bonds. The number of hydrogen-bond donors (Lipinski definition) is 0. The van der Waals surface area contributed by atoms with E-state index in [4.69, 9.17) is 0 Å². The number of pyridine rings is 1. The van der Waals surface area contributed by atoms with E-state index in [1.165, 1.54) is 7.11 Å². The van der Waals surface area contributed by atoms with Crippen LogP contribution >= 0.6 is 0 Å². The Labute approximate surface area is 71.4 Å². The molecule has 1 aromatic heterocycles. The molecule has 0 bridgehead atoms. The molecule has 1 rings (SSSR count). The zero-order chi connectivity index (χ0) is 8.81. The van der Waals surface area contributed by atoms with Crippen LogP contribution in [0, 0.1) is 0 Å². The van der Waals surface area contributed by atoms with Crippen LogP contribution in [0.25, 0.3) is 0 Å². The Balaban J connectivity index is 2.38. The van der Waals surface area contributed by atoms with E-state index in [1.54, 1.807) is 12.4 Å². The van der Waals surface area contributed by atoms with Crippen molar-refractivity contribution in [1.82, 2.24) is 4.98 Å². The molecule has 0 aromatic carbocycles. The molecule has 0 unspecified atom stereocenters. The molecule has 0 N–H and O–H groups in total. The van der Waals surface area contributed by atoms with Gasteiger partial charge in [0.25, 0.3) is 0 Å². The maximum atomic E-state index is 10.7. The lowest BCUT2D eigenvalue weighted by Crippen LogP contribution is -2.01. The molecule has 0 radical (unpaired) electrons. The largest absolute Gasteiger partial charge is 0.469 e. The summed E-state index contributed by atoms with van der Waals surface area (Å²) in [6, 6.07) is 3.79. The smallest absolute Gasteiger partial charge is 0.305 e. The molecule has 0 saturated heterocycles. The summed E-state index contributed by atoms with van der Waals surface area (Å²) >= 11 is 0. The number of esters is 1. The van der Waals surface area contributed by atoms with Gasteiger partial charge in [-0.25, -0.2) is 0 Å². The van der Waals surface area contributed by atoms with Crippen LogP contribution in [0.2, 0.25) is 0 Å². The van der Waals surface area contributed by atoms with E-state index in [0.29, 0.717) is 12.8 Å². The Bertz CT molecular complexity index is 246. The minimum Gasteiger partial charge on any atom is -0.469 e. The number of methoxy groups -OCH3 is 1. The van der Waals surface area contributed by atoms with Gasteiger partial charge in [-0.05, 0) is 18.1 Å². The summed E-state index contributed by atoms with van der Waals surface area (Å²) in [5.74, 6) is -0.182. The van der Waals surface area contributed by atoms with Gasteiger partial charge in [-0.1, -0.05) is 6.07 Å². The van der Waals surface area contributed by atoms with Crippen molar-refractivity contribution in [2.24, 2.45) is 0 Å². The van der Waals surface area contributed by atoms with Gasteiger partial charge in [0.2, 0.25) is 0 Å². The van der Waals surface area contributed by atoms with E-state index in [9.17, 15) is 4.79 Å². The normalized spacial score (nSPS) is 9.42. The van der Waals surface area contributed by atoms with Crippen LogP contribution in [0.3, 0.4) is 0 Å². The molecule has 0 atom stereocenters. The molecule has 0 aliphatic rings. The van der Waals surface area contributed by atoms with Gasteiger partial charge in [-0.3, -0.25) is 9.78 Å². The second-order valence-electron chi connectivity index (χ2n) is 2.44. The third-order valence-electron chi connectivity index (χ3n) is 1.57. The van der Waals surface area contributed by atoms with Gasteiger partial charge >= 0.3 is 5.97 Å². The summed E-state index contributed by atoms with van der Waals surface area (Å²) in [6.45, 7) is 0. The van der Waals surface area contributed by atoms with Crippen molar-refractivity contribution in [2.75, 3.05) is 7.11 Å². The number of ether oxygens (including phenoxy) is 1. The molecular formula is C9H11NO2. The molecule has 0 spiro atoms. The highest BCUT2D eigenvalue weighted by molar-refractivity contribution is 5.69. The zero-order valence-corrected chi connectivity index (χ0v) is 6.99. The second-order valence-corrected chi connectivity index (χ2v) is 2.44. The summed E-state index contributed by atoms with van der Waals surface area (Å²) in [7, 11) is 1.39. The summed E-state index contributed by atoms with van der Waals surface area (Å²) in [5.41, 5.74) is 1.06. The molecule has 3 nitrogen and oxygen atoms in total. The number of aromatic nitrogens is 1. The fourth-order valence-corrected chi connectivity index (χ4v) is 0.894. The number of aryl methyl sites for hydroxylation is 1. The monoisotopic (exact) mass is 164 g/mol. The van der Waals surface area contributed by atoms with Gasteiger partial charge in [-0.2, -0.15) is 0 Å². The molecule has 0 aliphatic carbocycles. The van der Waals surface area contributed by atoms with E-state index < -0.39 is 0 Å². The topological polar surface area (TPSA) is 39.2 Å². The fourth-order valence-electron chi connectivity index (χ4n) is 0.894. The first-order valence-electron chi connectivity index (χ1n) is 3.78. The van der Waals surface area contributed by atoms with Gasteiger partial charge in [0.05, 0.1) is 7.11 Å². The average Bonchev–Trinajstić information content (AvgIpc) is 2.16. The third-order valence-corrected chi connectivity index (χ3v) is 1.57. The third kappa shape index (κ3) is 2.70. The standard InChI is InChI=1S/C9H11NO2/c1-12-9(11)5-4-8-3-2-6-10-7-8/h2-3,6-7H,4-5H2,1H3/i1-1. The van der Waals surface area contributed by atoms with E-state index in [2.05, 4.69) is 9.72 Å². The Hall–Kier alpha value is -1.38. The minimum absolute atomic E-state index is 0.182. The van der Waals surface area contributed by atoms with Crippen LogP contribution in [0.15, 0.2) is 24.5 Å². The molecule has 1 heterocycles.